The van der Waals surface area contributed by atoms with Crippen molar-refractivity contribution in [3.05, 3.63) is 54.6 Å². The lowest BCUT2D eigenvalue weighted by atomic mass is 10.0. The van der Waals surface area contributed by atoms with E-state index in [0.29, 0.717) is 18.1 Å². The van der Waals surface area contributed by atoms with Crippen LogP contribution in [0, 0.1) is 0 Å². The molecule has 1 saturated heterocycles. The molecule has 2 heterocycles. The van der Waals surface area contributed by atoms with Crippen LogP contribution in [0.2, 0.25) is 0 Å². The van der Waals surface area contributed by atoms with Crippen molar-refractivity contribution in [3.8, 4) is 0 Å². The molecule has 1 aliphatic heterocycles. The summed E-state index contributed by atoms with van der Waals surface area (Å²) in [5.41, 5.74) is 0.950. The number of ether oxygens (including phenoxy) is 2. The molecule has 0 bridgehead atoms. The number of hydrogen-bond donors (Lipinski definition) is 1. The third kappa shape index (κ3) is 4.59. The number of amides is 1. The van der Waals surface area contributed by atoms with Gasteiger partial charge < -0.3 is 19.7 Å². The standard InChI is InChI=1S/C18H22N4O3S/c1-24-16-11-21(18(26)22-10-8-19-13-22)9-7-15(16)20-17(23)25-12-14-5-3-2-4-6-14/h2-6,8,10,13,15-16H,7,9,11-12H2,1H3,(H,20,23)/t15-,16+/m0/s1. The Morgan fingerprint density at radius 3 is 2.88 bits per heavy atom. The summed E-state index contributed by atoms with van der Waals surface area (Å²) in [5, 5.41) is 3.58. The number of carbonyl (C=O) groups excluding carboxylic acids is 1. The fourth-order valence-electron chi connectivity index (χ4n) is 2.95. The molecule has 2 atom stereocenters. The van der Waals surface area contributed by atoms with E-state index in [1.807, 2.05) is 36.5 Å². The number of hydrogen-bond acceptors (Lipinski definition) is 5. The number of likely N-dealkylation sites (tertiary alicyclic amines) is 1. The number of benzene rings is 1. The fraction of sp³-hybridized carbons (Fsp3) is 0.389. The predicted molar refractivity (Wildman–Crippen MR) is 101 cm³/mol. The van der Waals surface area contributed by atoms with Gasteiger partial charge in [-0.25, -0.2) is 9.78 Å². The number of alkyl carbamates (subject to hydrolysis) is 1. The van der Waals surface area contributed by atoms with Crippen LogP contribution >= 0.6 is 12.2 Å². The Kier molecular flexibility index (Phi) is 6.19. The van der Waals surface area contributed by atoms with Gasteiger partial charge in [-0.05, 0) is 24.2 Å². The van der Waals surface area contributed by atoms with E-state index in [1.54, 1.807) is 24.2 Å². The van der Waals surface area contributed by atoms with Crippen LogP contribution < -0.4 is 5.32 Å². The zero-order valence-corrected chi connectivity index (χ0v) is 15.4. The second kappa shape index (κ2) is 8.77. The van der Waals surface area contributed by atoms with E-state index < -0.39 is 6.09 Å². The Balaban J connectivity index is 1.51. The van der Waals surface area contributed by atoms with Crippen molar-refractivity contribution in [1.82, 2.24) is 19.8 Å². The second-order valence-electron chi connectivity index (χ2n) is 6.07. The molecule has 1 aliphatic rings. The van der Waals surface area contributed by atoms with Crippen molar-refractivity contribution in [2.75, 3.05) is 20.2 Å². The molecule has 1 N–H and O–H groups in total. The third-order valence-corrected chi connectivity index (χ3v) is 4.84. The summed E-state index contributed by atoms with van der Waals surface area (Å²) in [6, 6.07) is 9.47. The molecule has 0 saturated carbocycles. The average molecular weight is 374 g/mol. The molecule has 8 heteroatoms. The van der Waals surface area contributed by atoms with E-state index in [-0.39, 0.29) is 18.8 Å². The van der Waals surface area contributed by atoms with Crippen molar-refractivity contribution in [2.24, 2.45) is 0 Å². The second-order valence-corrected chi connectivity index (χ2v) is 6.44. The zero-order chi connectivity index (χ0) is 18.4. The largest absolute Gasteiger partial charge is 0.445 e. The maximum atomic E-state index is 12.1. The number of aromatic nitrogens is 2. The Bertz CT molecular complexity index is 723. The Hall–Kier alpha value is -2.45. The van der Waals surface area contributed by atoms with Crippen LogP contribution in [0.4, 0.5) is 4.79 Å². The van der Waals surface area contributed by atoms with Crippen LogP contribution in [-0.2, 0) is 16.1 Å². The molecule has 1 aromatic carbocycles. The van der Waals surface area contributed by atoms with Crippen LogP contribution in [0.25, 0.3) is 0 Å². The van der Waals surface area contributed by atoms with Crippen molar-refractivity contribution < 1.29 is 14.3 Å². The van der Waals surface area contributed by atoms with Crippen molar-refractivity contribution in [3.63, 3.8) is 0 Å². The lowest BCUT2D eigenvalue weighted by molar-refractivity contribution is 0.0235. The fourth-order valence-corrected chi connectivity index (χ4v) is 3.22. The third-order valence-electron chi connectivity index (χ3n) is 4.37. The molecule has 1 fully saturated rings. The summed E-state index contributed by atoms with van der Waals surface area (Å²) in [6.07, 6.45) is 5.29. The van der Waals surface area contributed by atoms with E-state index in [0.717, 1.165) is 12.1 Å². The lowest BCUT2D eigenvalue weighted by Gasteiger charge is -2.38. The molecule has 0 spiro atoms. The molecule has 7 nitrogen and oxygen atoms in total. The topological polar surface area (TPSA) is 68.6 Å². The van der Waals surface area contributed by atoms with Crippen molar-refractivity contribution in [1.29, 1.82) is 0 Å². The summed E-state index contributed by atoms with van der Waals surface area (Å²) in [5.74, 6) is 0. The minimum absolute atomic E-state index is 0.120. The van der Waals surface area contributed by atoms with E-state index in [4.69, 9.17) is 21.7 Å². The summed E-state index contributed by atoms with van der Waals surface area (Å²) in [7, 11) is 1.64. The number of carbonyl (C=O) groups is 1. The van der Waals surface area contributed by atoms with E-state index >= 15 is 0 Å². The maximum absolute atomic E-state index is 12.1. The highest BCUT2D eigenvalue weighted by molar-refractivity contribution is 7.80. The van der Waals surface area contributed by atoms with E-state index in [1.165, 1.54) is 0 Å². The monoisotopic (exact) mass is 374 g/mol. The van der Waals surface area contributed by atoms with E-state index in [2.05, 4.69) is 15.2 Å². The summed E-state index contributed by atoms with van der Waals surface area (Å²) in [6.45, 7) is 1.56. The smallest absolute Gasteiger partial charge is 0.407 e. The molecule has 138 valence electrons. The number of rotatable bonds is 4. The van der Waals surface area contributed by atoms with Gasteiger partial charge in [0.2, 0.25) is 0 Å². The quantitative estimate of drug-likeness (QED) is 0.826. The zero-order valence-electron chi connectivity index (χ0n) is 14.6. The Labute approximate surface area is 157 Å². The van der Waals surface area contributed by atoms with Gasteiger partial charge in [-0.3, -0.25) is 4.57 Å². The molecular formula is C18H22N4O3S. The minimum atomic E-state index is -0.438. The molecule has 26 heavy (non-hydrogen) atoms. The summed E-state index contributed by atoms with van der Waals surface area (Å²) >= 11 is 5.50. The van der Waals surface area contributed by atoms with Crippen molar-refractivity contribution >= 4 is 23.4 Å². The average Bonchev–Trinajstić information content (AvgIpc) is 3.22. The SMILES string of the molecule is CO[C@@H]1CN(C(=S)n2ccnc2)CC[C@@H]1NC(=O)OCc1ccccc1. The molecule has 3 rings (SSSR count). The first kappa shape index (κ1) is 18.3. The van der Waals surface area contributed by atoms with Gasteiger partial charge in [0.15, 0.2) is 5.11 Å². The predicted octanol–water partition coefficient (Wildman–Crippen LogP) is 2.03. The van der Waals surface area contributed by atoms with Crippen LogP contribution in [0.3, 0.4) is 0 Å². The number of nitrogens with one attached hydrogen (secondary N) is 1. The maximum Gasteiger partial charge on any atom is 0.407 e. The van der Waals surface area contributed by atoms with Crippen LogP contribution in [0.15, 0.2) is 49.1 Å². The normalized spacial score (nSPS) is 19.8. The Morgan fingerprint density at radius 1 is 1.38 bits per heavy atom. The van der Waals surface area contributed by atoms with Crippen molar-refractivity contribution in [2.45, 2.75) is 25.2 Å². The summed E-state index contributed by atoms with van der Waals surface area (Å²) in [4.78, 5) is 18.2. The first-order valence-electron chi connectivity index (χ1n) is 8.44. The highest BCUT2D eigenvalue weighted by Gasteiger charge is 2.32. The van der Waals surface area contributed by atoms with Gasteiger partial charge in [0.25, 0.3) is 0 Å². The first-order valence-corrected chi connectivity index (χ1v) is 8.85. The first-order chi connectivity index (χ1) is 12.7. The number of piperidine rings is 1. The van der Waals surface area contributed by atoms with Gasteiger partial charge in [-0.2, -0.15) is 0 Å². The molecule has 0 unspecified atom stereocenters. The van der Waals surface area contributed by atoms with Gasteiger partial charge in [0, 0.05) is 32.6 Å². The number of thiocarbonyl (C=S) groups is 1. The van der Waals surface area contributed by atoms with Crippen LogP contribution in [-0.4, -0.2) is 58.0 Å². The number of methoxy groups -OCH3 is 1. The van der Waals surface area contributed by atoms with E-state index in [9.17, 15) is 4.79 Å². The highest BCUT2D eigenvalue weighted by Crippen LogP contribution is 2.15. The molecule has 0 radical (unpaired) electrons. The number of nitrogens with zero attached hydrogens (tertiary/aromatic N) is 3. The molecule has 2 aromatic rings. The number of imidazole rings is 1. The molecule has 1 amide bonds. The van der Waals surface area contributed by atoms with Gasteiger partial charge in [-0.1, -0.05) is 30.3 Å². The van der Waals surface area contributed by atoms with Crippen LogP contribution in [0.1, 0.15) is 12.0 Å². The molecule has 1 aromatic heterocycles. The summed E-state index contributed by atoms with van der Waals surface area (Å²) < 4.78 is 12.7. The Morgan fingerprint density at radius 2 is 2.19 bits per heavy atom. The van der Waals surface area contributed by atoms with Gasteiger partial charge in [-0.15, -0.1) is 0 Å². The molecular weight excluding hydrogens is 352 g/mol. The lowest BCUT2D eigenvalue weighted by Crippen LogP contribution is -2.56. The molecule has 0 aliphatic carbocycles. The van der Waals surface area contributed by atoms with Crippen LogP contribution in [0.5, 0.6) is 0 Å². The van der Waals surface area contributed by atoms with Gasteiger partial charge in [0.05, 0.1) is 12.1 Å². The van der Waals surface area contributed by atoms with Gasteiger partial charge >= 0.3 is 6.09 Å². The minimum Gasteiger partial charge on any atom is -0.445 e. The highest BCUT2D eigenvalue weighted by atomic mass is 32.1. The van der Waals surface area contributed by atoms with Gasteiger partial charge in [0.1, 0.15) is 12.9 Å².